The second-order valence-electron chi connectivity index (χ2n) is 4.37. The topological polar surface area (TPSA) is 59.6 Å². The van der Waals surface area contributed by atoms with Crippen molar-refractivity contribution in [1.82, 2.24) is 0 Å². The summed E-state index contributed by atoms with van der Waals surface area (Å²) < 4.78 is 5.39. The minimum atomic E-state index is 0. The molecular weight excluding hydrogens is 353 g/mol. The Morgan fingerprint density at radius 2 is 2.16 bits per heavy atom. The molecule has 5 heteroatoms. The number of benzene rings is 1. The van der Waals surface area contributed by atoms with Gasteiger partial charge in [-0.25, -0.2) is 0 Å². The van der Waals surface area contributed by atoms with E-state index in [2.05, 4.69) is 29.4 Å². The standard InChI is InChI=1S/C14H23N3O.HI/c1-4-12-6-5-7-13(10-12)17-14(15)16-8-9-18-11(2)3;/h5-7,10-11H,4,8-9H2,1-3H3,(H3,15,16,17);1H. The third-order valence-electron chi connectivity index (χ3n) is 2.43. The predicted octanol–water partition coefficient (Wildman–Crippen LogP) is 3.02. The van der Waals surface area contributed by atoms with Crippen LogP contribution < -0.4 is 11.1 Å². The molecule has 108 valence electrons. The molecule has 0 radical (unpaired) electrons. The summed E-state index contributed by atoms with van der Waals surface area (Å²) in [6.45, 7) is 7.29. The molecule has 0 saturated carbocycles. The Hall–Kier alpha value is -0.820. The van der Waals surface area contributed by atoms with E-state index in [0.29, 0.717) is 19.1 Å². The SMILES string of the molecule is CCc1cccc(NC(N)=NCCOC(C)C)c1.I. The Balaban J connectivity index is 0.00000324. The molecule has 0 aromatic heterocycles. The number of hydrogen-bond donors (Lipinski definition) is 2. The third-order valence-corrected chi connectivity index (χ3v) is 2.43. The van der Waals surface area contributed by atoms with Gasteiger partial charge in [0.1, 0.15) is 0 Å². The number of aliphatic imine (C=N–C) groups is 1. The zero-order chi connectivity index (χ0) is 13.4. The number of hydrogen-bond acceptors (Lipinski definition) is 2. The molecule has 3 N–H and O–H groups in total. The number of aryl methyl sites for hydroxylation is 1. The maximum atomic E-state index is 5.80. The lowest BCUT2D eigenvalue weighted by molar-refractivity contribution is 0.0853. The van der Waals surface area contributed by atoms with Gasteiger partial charge in [0.15, 0.2) is 5.96 Å². The molecule has 0 saturated heterocycles. The van der Waals surface area contributed by atoms with E-state index in [4.69, 9.17) is 10.5 Å². The van der Waals surface area contributed by atoms with Crippen LogP contribution in [0.4, 0.5) is 5.69 Å². The molecule has 0 bridgehead atoms. The number of rotatable bonds is 6. The van der Waals surface area contributed by atoms with Gasteiger partial charge >= 0.3 is 0 Å². The molecule has 0 atom stereocenters. The van der Waals surface area contributed by atoms with E-state index in [1.165, 1.54) is 5.56 Å². The lowest BCUT2D eigenvalue weighted by atomic mass is 10.1. The fourth-order valence-electron chi connectivity index (χ4n) is 1.51. The van der Waals surface area contributed by atoms with E-state index >= 15 is 0 Å². The molecule has 0 heterocycles. The van der Waals surface area contributed by atoms with Gasteiger partial charge in [0.05, 0.1) is 19.3 Å². The number of ether oxygens (including phenoxy) is 1. The van der Waals surface area contributed by atoms with Crippen molar-refractivity contribution in [2.24, 2.45) is 10.7 Å². The highest BCUT2D eigenvalue weighted by Crippen LogP contribution is 2.10. The van der Waals surface area contributed by atoms with Gasteiger partial charge in [-0.3, -0.25) is 4.99 Å². The average Bonchev–Trinajstić information content (AvgIpc) is 2.34. The number of nitrogens with zero attached hydrogens (tertiary/aromatic N) is 1. The first kappa shape index (κ1) is 18.2. The van der Waals surface area contributed by atoms with Crippen molar-refractivity contribution in [2.45, 2.75) is 33.3 Å². The molecule has 0 aliphatic rings. The Morgan fingerprint density at radius 3 is 2.79 bits per heavy atom. The van der Waals surface area contributed by atoms with Crippen LogP contribution in [-0.4, -0.2) is 25.2 Å². The second-order valence-corrected chi connectivity index (χ2v) is 4.37. The van der Waals surface area contributed by atoms with Crippen LogP contribution in [0, 0.1) is 0 Å². The maximum absolute atomic E-state index is 5.80. The van der Waals surface area contributed by atoms with Gasteiger partial charge in [-0.2, -0.15) is 0 Å². The second kappa shape index (κ2) is 10.0. The van der Waals surface area contributed by atoms with Crippen LogP contribution >= 0.6 is 24.0 Å². The summed E-state index contributed by atoms with van der Waals surface area (Å²) in [5.41, 5.74) is 8.04. The van der Waals surface area contributed by atoms with Gasteiger partial charge in [0.2, 0.25) is 0 Å². The van der Waals surface area contributed by atoms with Gasteiger partial charge in [-0.1, -0.05) is 19.1 Å². The maximum Gasteiger partial charge on any atom is 0.193 e. The van der Waals surface area contributed by atoms with Crippen molar-refractivity contribution in [2.75, 3.05) is 18.5 Å². The molecule has 19 heavy (non-hydrogen) atoms. The highest BCUT2D eigenvalue weighted by molar-refractivity contribution is 14.0. The zero-order valence-corrected chi connectivity index (χ0v) is 14.2. The molecule has 1 aromatic carbocycles. The minimum Gasteiger partial charge on any atom is -0.377 e. The smallest absolute Gasteiger partial charge is 0.193 e. The Labute approximate surface area is 132 Å². The molecule has 0 fully saturated rings. The summed E-state index contributed by atoms with van der Waals surface area (Å²) >= 11 is 0. The van der Waals surface area contributed by atoms with Crippen molar-refractivity contribution in [1.29, 1.82) is 0 Å². The minimum absolute atomic E-state index is 0. The van der Waals surface area contributed by atoms with Crippen LogP contribution in [-0.2, 0) is 11.2 Å². The molecule has 0 amide bonds. The van der Waals surface area contributed by atoms with E-state index in [1.807, 2.05) is 26.0 Å². The van der Waals surface area contributed by atoms with Crippen LogP contribution in [0.2, 0.25) is 0 Å². The van der Waals surface area contributed by atoms with E-state index in [0.717, 1.165) is 12.1 Å². The molecule has 1 rings (SSSR count). The van der Waals surface area contributed by atoms with Crippen molar-refractivity contribution >= 4 is 35.6 Å². The molecule has 0 unspecified atom stereocenters. The van der Waals surface area contributed by atoms with Crippen LogP contribution in [0.1, 0.15) is 26.3 Å². The molecule has 0 aliphatic heterocycles. The summed E-state index contributed by atoms with van der Waals surface area (Å²) in [5, 5.41) is 3.08. The van der Waals surface area contributed by atoms with Crippen molar-refractivity contribution in [3.05, 3.63) is 29.8 Å². The predicted molar refractivity (Wildman–Crippen MR) is 92.4 cm³/mol. The van der Waals surface area contributed by atoms with Gasteiger partial charge in [0.25, 0.3) is 0 Å². The van der Waals surface area contributed by atoms with Gasteiger partial charge < -0.3 is 15.8 Å². The largest absolute Gasteiger partial charge is 0.377 e. The van der Waals surface area contributed by atoms with Gasteiger partial charge in [-0.15, -0.1) is 24.0 Å². The summed E-state index contributed by atoms with van der Waals surface area (Å²) in [4.78, 5) is 4.21. The van der Waals surface area contributed by atoms with Crippen molar-refractivity contribution in [3.8, 4) is 0 Å². The summed E-state index contributed by atoms with van der Waals surface area (Å²) in [5.74, 6) is 0.426. The number of guanidine groups is 1. The normalized spacial score (nSPS) is 11.3. The van der Waals surface area contributed by atoms with Crippen LogP contribution in [0.5, 0.6) is 0 Å². The summed E-state index contributed by atoms with van der Waals surface area (Å²) in [7, 11) is 0. The van der Waals surface area contributed by atoms with E-state index < -0.39 is 0 Å². The lowest BCUT2D eigenvalue weighted by Gasteiger charge is -2.08. The van der Waals surface area contributed by atoms with Gasteiger partial charge in [-0.05, 0) is 38.0 Å². The Morgan fingerprint density at radius 1 is 1.42 bits per heavy atom. The van der Waals surface area contributed by atoms with Crippen LogP contribution in [0.15, 0.2) is 29.3 Å². The first-order valence-corrected chi connectivity index (χ1v) is 6.39. The zero-order valence-electron chi connectivity index (χ0n) is 11.8. The summed E-state index contributed by atoms with van der Waals surface area (Å²) in [6, 6.07) is 8.16. The molecule has 0 aliphatic carbocycles. The third kappa shape index (κ3) is 8.05. The Kier molecular flexibility index (Phi) is 9.59. The van der Waals surface area contributed by atoms with Gasteiger partial charge in [0, 0.05) is 5.69 Å². The molecule has 1 aromatic rings. The molecule has 4 nitrogen and oxygen atoms in total. The van der Waals surface area contributed by atoms with E-state index in [1.54, 1.807) is 0 Å². The average molecular weight is 377 g/mol. The monoisotopic (exact) mass is 377 g/mol. The number of nitrogens with one attached hydrogen (secondary N) is 1. The van der Waals surface area contributed by atoms with Crippen molar-refractivity contribution < 1.29 is 4.74 Å². The first-order valence-electron chi connectivity index (χ1n) is 6.39. The number of halogens is 1. The number of nitrogens with two attached hydrogens (primary N) is 1. The van der Waals surface area contributed by atoms with Crippen LogP contribution in [0.3, 0.4) is 0 Å². The lowest BCUT2D eigenvalue weighted by Crippen LogP contribution is -2.23. The highest BCUT2D eigenvalue weighted by Gasteiger charge is 1.97. The summed E-state index contributed by atoms with van der Waals surface area (Å²) in [6.07, 6.45) is 1.24. The van der Waals surface area contributed by atoms with E-state index in [9.17, 15) is 0 Å². The molecule has 0 spiro atoms. The fourth-order valence-corrected chi connectivity index (χ4v) is 1.51. The van der Waals surface area contributed by atoms with Crippen molar-refractivity contribution in [3.63, 3.8) is 0 Å². The highest BCUT2D eigenvalue weighted by atomic mass is 127. The Bertz CT molecular complexity index is 394. The quantitative estimate of drug-likeness (QED) is 0.347. The molecular formula is C14H24IN3O. The number of anilines is 1. The van der Waals surface area contributed by atoms with E-state index in [-0.39, 0.29) is 30.1 Å². The first-order chi connectivity index (χ1) is 8.61. The fraction of sp³-hybridized carbons (Fsp3) is 0.500. The van der Waals surface area contributed by atoms with Crippen LogP contribution in [0.25, 0.3) is 0 Å².